The molecule has 1 amide bonds. The van der Waals surface area contributed by atoms with Crippen molar-refractivity contribution in [1.82, 2.24) is 19.4 Å². The minimum Gasteiger partial charge on any atom is -0.479 e. The first-order chi connectivity index (χ1) is 25.8. The zero-order valence-electron chi connectivity index (χ0n) is 30.4. The van der Waals surface area contributed by atoms with E-state index < -0.39 is 24.1 Å². The van der Waals surface area contributed by atoms with Crippen molar-refractivity contribution in [3.63, 3.8) is 0 Å². The molecule has 290 valence electrons. The van der Waals surface area contributed by atoms with Crippen LogP contribution in [-0.2, 0) is 39.6 Å². The molecule has 0 radical (unpaired) electrons. The molecule has 15 heteroatoms. The van der Waals surface area contributed by atoms with Gasteiger partial charge in [-0.3, -0.25) is 9.59 Å². The van der Waals surface area contributed by atoms with Crippen molar-refractivity contribution in [2.24, 2.45) is 0 Å². The summed E-state index contributed by atoms with van der Waals surface area (Å²) < 4.78 is 15.3. The second kappa shape index (κ2) is 21.9. The number of amides is 1. The lowest BCUT2D eigenvalue weighted by atomic mass is 10.0. The van der Waals surface area contributed by atoms with Gasteiger partial charge in [-0.15, -0.1) is 0 Å². The second-order valence-corrected chi connectivity index (χ2v) is 13.6. The van der Waals surface area contributed by atoms with Crippen LogP contribution in [-0.4, -0.2) is 96.0 Å². The van der Waals surface area contributed by atoms with Crippen molar-refractivity contribution in [3.05, 3.63) is 117 Å². The van der Waals surface area contributed by atoms with E-state index in [9.17, 15) is 23.6 Å². The molecule has 0 aliphatic carbocycles. The van der Waals surface area contributed by atoms with E-state index in [4.69, 9.17) is 32.0 Å². The lowest BCUT2D eigenvalue weighted by Gasteiger charge is -2.27. The van der Waals surface area contributed by atoms with Gasteiger partial charge in [0.05, 0.1) is 0 Å². The van der Waals surface area contributed by atoms with Crippen molar-refractivity contribution < 1.29 is 39.2 Å². The number of benzene rings is 3. The number of carbonyl (C=O) groups is 3. The van der Waals surface area contributed by atoms with Crippen LogP contribution in [0.5, 0.6) is 0 Å². The highest BCUT2D eigenvalue weighted by molar-refractivity contribution is 7.98. The Balaban J connectivity index is 0.000000687. The number of halogens is 2. The molecule has 4 aromatic rings. The molecule has 4 rings (SSSR count). The summed E-state index contributed by atoms with van der Waals surface area (Å²) in [7, 11) is 0. The zero-order valence-corrected chi connectivity index (χ0v) is 32.0. The summed E-state index contributed by atoms with van der Waals surface area (Å²) in [6.45, 7) is 10.4. The molecular weight excluding hydrogens is 739 g/mol. The van der Waals surface area contributed by atoms with Crippen molar-refractivity contribution in [1.29, 1.82) is 0 Å². The summed E-state index contributed by atoms with van der Waals surface area (Å²) in [6.07, 6.45) is -1.87. The fourth-order valence-electron chi connectivity index (χ4n) is 5.17. The number of rotatable bonds is 18. The third kappa shape index (κ3) is 13.7. The Kier molecular flexibility index (Phi) is 17.8. The summed E-state index contributed by atoms with van der Waals surface area (Å²) in [6, 6.07) is 22.4. The van der Waals surface area contributed by atoms with E-state index in [2.05, 4.69) is 48.0 Å². The van der Waals surface area contributed by atoms with Crippen molar-refractivity contribution in [2.45, 2.75) is 69.8 Å². The number of carbonyl (C=O) groups excluding carboxylic acids is 1. The SMILES string of the molecule is CCc1cn(CCC(=O)N(CCN(CC)CC)Cc2ccc(-c3ccc(Cl)cc3)cc2)c(SCc2ccc(F)cc2)nc1=O.O=C(O)C(O)C(O)C(=O)O. The maximum absolute atomic E-state index is 13.7. The van der Waals surface area contributed by atoms with Gasteiger partial charge in [0, 0.05) is 55.1 Å². The third-order valence-electron chi connectivity index (χ3n) is 8.50. The Morgan fingerprint density at radius 2 is 1.37 bits per heavy atom. The lowest BCUT2D eigenvalue weighted by Crippen LogP contribution is -2.39. The average Bonchev–Trinajstić information content (AvgIpc) is 3.17. The van der Waals surface area contributed by atoms with E-state index in [-0.39, 0.29) is 23.7 Å². The minimum atomic E-state index is -2.27. The van der Waals surface area contributed by atoms with Crippen LogP contribution in [0.15, 0.2) is 88.9 Å². The van der Waals surface area contributed by atoms with Gasteiger partial charge in [0.1, 0.15) is 5.82 Å². The average molecular weight is 785 g/mol. The highest BCUT2D eigenvalue weighted by Gasteiger charge is 2.29. The van der Waals surface area contributed by atoms with E-state index in [0.29, 0.717) is 47.6 Å². The maximum atomic E-state index is 13.7. The van der Waals surface area contributed by atoms with E-state index >= 15 is 0 Å². The molecule has 0 spiro atoms. The Morgan fingerprint density at radius 1 is 0.833 bits per heavy atom. The number of carboxylic acids is 2. The molecule has 0 bridgehead atoms. The smallest absolute Gasteiger partial charge is 0.335 e. The van der Waals surface area contributed by atoms with Gasteiger partial charge in [0.15, 0.2) is 17.4 Å². The van der Waals surface area contributed by atoms with Crippen LogP contribution in [0.1, 0.15) is 43.9 Å². The van der Waals surface area contributed by atoms with Crippen LogP contribution in [0.25, 0.3) is 11.1 Å². The molecule has 54 heavy (non-hydrogen) atoms. The van der Waals surface area contributed by atoms with Crippen LogP contribution >= 0.6 is 23.4 Å². The Labute approximate surface area is 322 Å². The van der Waals surface area contributed by atoms with Crippen LogP contribution in [0.3, 0.4) is 0 Å². The summed E-state index contributed by atoms with van der Waals surface area (Å²) in [5.41, 5.74) is 4.53. The number of carboxylic acid groups (broad SMARTS) is 2. The van der Waals surface area contributed by atoms with Crippen LogP contribution in [0, 0.1) is 5.82 Å². The van der Waals surface area contributed by atoms with Gasteiger partial charge in [-0.2, -0.15) is 4.98 Å². The fraction of sp³-hybridized carbons (Fsp3) is 0.359. The monoisotopic (exact) mass is 784 g/mol. The minimum absolute atomic E-state index is 0.0465. The highest BCUT2D eigenvalue weighted by atomic mass is 35.5. The third-order valence-corrected chi connectivity index (χ3v) is 9.81. The van der Waals surface area contributed by atoms with Gasteiger partial charge in [-0.25, -0.2) is 14.0 Å². The molecule has 1 aromatic heterocycles. The molecular formula is C39H46ClFN4O8S. The van der Waals surface area contributed by atoms with Crippen molar-refractivity contribution >= 4 is 41.2 Å². The van der Waals surface area contributed by atoms with Crippen LogP contribution in [0.4, 0.5) is 4.39 Å². The molecule has 4 N–H and O–H groups in total. The van der Waals surface area contributed by atoms with E-state index in [1.807, 2.05) is 46.9 Å². The largest absolute Gasteiger partial charge is 0.479 e. The number of aryl methyl sites for hydroxylation is 2. The molecule has 2 unspecified atom stereocenters. The number of likely N-dealkylation sites (N-methyl/N-ethyl adjacent to an activating group) is 1. The number of thioether (sulfide) groups is 1. The summed E-state index contributed by atoms with van der Waals surface area (Å²) in [5.74, 6) is -3.24. The van der Waals surface area contributed by atoms with Crippen LogP contribution in [0.2, 0.25) is 5.02 Å². The number of aliphatic carboxylic acids is 2. The van der Waals surface area contributed by atoms with Crippen LogP contribution < -0.4 is 5.56 Å². The second-order valence-electron chi connectivity index (χ2n) is 12.2. The first kappa shape index (κ1) is 43.8. The number of hydrogen-bond donors (Lipinski definition) is 4. The predicted octanol–water partition coefficient (Wildman–Crippen LogP) is 5.20. The number of aliphatic hydroxyl groups is 2. The maximum Gasteiger partial charge on any atom is 0.335 e. The number of aromatic nitrogens is 2. The normalized spacial score (nSPS) is 12.1. The Hall–Kier alpha value is -4.60. The molecule has 0 aliphatic heterocycles. The Morgan fingerprint density at radius 3 is 1.89 bits per heavy atom. The molecule has 1 heterocycles. The lowest BCUT2D eigenvalue weighted by molar-refractivity contribution is -0.165. The topological polar surface area (TPSA) is 174 Å². The summed E-state index contributed by atoms with van der Waals surface area (Å²) in [5, 5.41) is 33.8. The summed E-state index contributed by atoms with van der Waals surface area (Å²) >= 11 is 7.47. The number of nitrogens with zero attached hydrogens (tertiary/aromatic N) is 4. The van der Waals surface area contributed by atoms with Gasteiger partial charge >= 0.3 is 11.9 Å². The van der Waals surface area contributed by atoms with Gasteiger partial charge in [0.25, 0.3) is 5.56 Å². The first-order valence-electron chi connectivity index (χ1n) is 17.4. The predicted molar refractivity (Wildman–Crippen MR) is 206 cm³/mol. The molecule has 0 fully saturated rings. The molecule has 3 aromatic carbocycles. The molecule has 12 nitrogen and oxygen atoms in total. The molecule has 0 saturated heterocycles. The van der Waals surface area contributed by atoms with Crippen molar-refractivity contribution in [3.8, 4) is 11.1 Å². The van der Waals surface area contributed by atoms with E-state index in [1.165, 1.54) is 23.9 Å². The highest BCUT2D eigenvalue weighted by Crippen LogP contribution is 2.24. The number of hydrogen-bond acceptors (Lipinski definition) is 9. The zero-order chi connectivity index (χ0) is 39.8. The molecule has 0 saturated carbocycles. The van der Waals surface area contributed by atoms with Crippen molar-refractivity contribution in [2.75, 3.05) is 26.2 Å². The number of aliphatic hydroxyl groups excluding tert-OH is 2. The van der Waals surface area contributed by atoms with E-state index in [0.717, 1.165) is 41.9 Å². The quantitative estimate of drug-likeness (QED) is 0.0772. The van der Waals surface area contributed by atoms with Gasteiger partial charge in [-0.05, 0) is 66.0 Å². The standard InChI is InChI=1S/C35H40ClFN4O2S.C4H6O6/c1-4-28-24-41(35(38-34(28)43)44-25-27-9-17-32(37)18-10-27)20-19-33(42)40(22-21-39(5-2)6-3)23-26-7-11-29(12-8-26)30-13-15-31(36)16-14-30;5-1(3(7)8)2(6)4(9)10/h7-18,24H,4-6,19-23,25H2,1-3H3;1-2,5-6H,(H,7,8)(H,9,10). The van der Waals surface area contributed by atoms with Gasteiger partial charge in [0.2, 0.25) is 5.91 Å². The summed E-state index contributed by atoms with van der Waals surface area (Å²) in [4.78, 5) is 54.5. The molecule has 2 atom stereocenters. The Bertz CT molecular complexity index is 1860. The fourth-order valence-corrected chi connectivity index (χ4v) is 6.24. The van der Waals surface area contributed by atoms with Gasteiger partial charge < -0.3 is 34.8 Å². The van der Waals surface area contributed by atoms with E-state index in [1.54, 1.807) is 12.1 Å². The molecule has 0 aliphatic rings. The first-order valence-corrected chi connectivity index (χ1v) is 18.8. The van der Waals surface area contributed by atoms with Gasteiger partial charge in [-0.1, -0.05) is 92.7 Å².